The van der Waals surface area contributed by atoms with Gasteiger partial charge in [0.25, 0.3) is 0 Å². The summed E-state index contributed by atoms with van der Waals surface area (Å²) < 4.78 is 1.83. The van der Waals surface area contributed by atoms with Gasteiger partial charge in [-0.1, -0.05) is 18.3 Å². The predicted octanol–water partition coefficient (Wildman–Crippen LogP) is 1.66. The number of hydrogen-bond acceptors (Lipinski definition) is 3. The molecule has 0 saturated heterocycles. The first-order valence-corrected chi connectivity index (χ1v) is 4.73. The highest BCUT2D eigenvalue weighted by atomic mass is 32.1. The zero-order chi connectivity index (χ0) is 9.42. The second-order valence-corrected chi connectivity index (χ2v) is 3.67. The first-order valence-electron chi connectivity index (χ1n) is 3.91. The van der Waals surface area contributed by atoms with Crippen molar-refractivity contribution < 1.29 is 9.90 Å². The fraction of sp³-hybridized carbons (Fsp3) is 0.250. The summed E-state index contributed by atoms with van der Waals surface area (Å²) in [4.78, 5) is 15.8. The molecule has 2 aromatic heterocycles. The molecule has 0 aliphatic rings. The topological polar surface area (TPSA) is 54.6 Å². The van der Waals surface area contributed by atoms with Crippen LogP contribution in [0.5, 0.6) is 0 Å². The summed E-state index contributed by atoms with van der Waals surface area (Å²) in [7, 11) is 0. The Morgan fingerprint density at radius 3 is 3.15 bits per heavy atom. The van der Waals surface area contributed by atoms with Gasteiger partial charge < -0.3 is 5.11 Å². The lowest BCUT2D eigenvalue weighted by atomic mass is 10.4. The van der Waals surface area contributed by atoms with Crippen LogP contribution in [0.4, 0.5) is 0 Å². The lowest BCUT2D eigenvalue weighted by Crippen LogP contribution is -1.92. The molecule has 0 amide bonds. The van der Waals surface area contributed by atoms with E-state index in [-0.39, 0.29) is 0 Å². The molecule has 0 spiro atoms. The Hall–Kier alpha value is -1.36. The molecule has 4 nitrogen and oxygen atoms in total. The zero-order valence-corrected chi connectivity index (χ0v) is 7.84. The van der Waals surface area contributed by atoms with Crippen molar-refractivity contribution in [1.29, 1.82) is 0 Å². The van der Waals surface area contributed by atoms with E-state index in [2.05, 4.69) is 4.98 Å². The highest BCUT2D eigenvalue weighted by Gasteiger charge is 2.10. The third kappa shape index (κ3) is 1.21. The number of hydrogen-bond donors (Lipinski definition) is 1. The lowest BCUT2D eigenvalue weighted by molar-refractivity contribution is 0.0702. The number of nitrogens with zero attached hydrogens (tertiary/aromatic N) is 2. The van der Waals surface area contributed by atoms with Gasteiger partial charge in [0.1, 0.15) is 4.88 Å². The van der Waals surface area contributed by atoms with E-state index in [1.807, 2.05) is 11.3 Å². The number of carboxylic acids is 1. The Kier molecular flexibility index (Phi) is 1.81. The number of carbonyl (C=O) groups is 1. The third-order valence-corrected chi connectivity index (χ3v) is 2.84. The maximum atomic E-state index is 10.6. The van der Waals surface area contributed by atoms with E-state index in [1.165, 1.54) is 11.3 Å². The molecule has 68 valence electrons. The molecule has 13 heavy (non-hydrogen) atoms. The Morgan fingerprint density at radius 1 is 1.77 bits per heavy atom. The summed E-state index contributed by atoms with van der Waals surface area (Å²) in [6.07, 6.45) is 4.25. The fourth-order valence-electron chi connectivity index (χ4n) is 1.19. The van der Waals surface area contributed by atoms with Gasteiger partial charge in [-0.15, -0.1) is 0 Å². The number of rotatable bonds is 2. The van der Waals surface area contributed by atoms with Crippen LogP contribution >= 0.6 is 11.3 Å². The molecule has 5 heteroatoms. The minimum Gasteiger partial charge on any atom is -0.477 e. The van der Waals surface area contributed by atoms with Gasteiger partial charge >= 0.3 is 5.97 Å². The van der Waals surface area contributed by atoms with Crippen LogP contribution in [0.1, 0.15) is 22.3 Å². The summed E-state index contributed by atoms with van der Waals surface area (Å²) in [5, 5.41) is 8.74. The summed E-state index contributed by atoms with van der Waals surface area (Å²) in [5.41, 5.74) is 1.04. The third-order valence-electron chi connectivity index (χ3n) is 1.86. The molecule has 0 unspecified atom stereocenters. The molecule has 1 N–H and O–H groups in total. The Morgan fingerprint density at radius 2 is 2.54 bits per heavy atom. The predicted molar refractivity (Wildman–Crippen MR) is 49.4 cm³/mol. The number of fused-ring (bicyclic) bond motifs is 1. The molecule has 2 rings (SSSR count). The van der Waals surface area contributed by atoms with E-state index in [4.69, 9.17) is 5.11 Å². The first kappa shape index (κ1) is 8.25. The van der Waals surface area contributed by atoms with Gasteiger partial charge in [0.05, 0.1) is 6.20 Å². The normalized spacial score (nSPS) is 10.8. The molecule has 0 fully saturated rings. The highest BCUT2D eigenvalue weighted by molar-refractivity contribution is 7.18. The summed E-state index contributed by atoms with van der Waals surface area (Å²) in [6, 6.07) is 0. The molecule has 0 atom stereocenters. The van der Waals surface area contributed by atoms with E-state index in [0.717, 1.165) is 17.1 Å². The van der Waals surface area contributed by atoms with Crippen LogP contribution in [0.2, 0.25) is 0 Å². The van der Waals surface area contributed by atoms with E-state index < -0.39 is 5.97 Å². The molecule has 2 aromatic rings. The first-order chi connectivity index (χ1) is 6.22. The number of imidazole rings is 1. The van der Waals surface area contributed by atoms with Crippen LogP contribution in [-0.4, -0.2) is 20.5 Å². The van der Waals surface area contributed by atoms with Gasteiger partial charge in [0.2, 0.25) is 0 Å². The minimum atomic E-state index is -0.891. The van der Waals surface area contributed by atoms with Gasteiger partial charge in [-0.05, 0) is 6.42 Å². The lowest BCUT2D eigenvalue weighted by Gasteiger charge is -1.89. The average molecular weight is 196 g/mol. The van der Waals surface area contributed by atoms with Crippen molar-refractivity contribution in [3.63, 3.8) is 0 Å². The number of aromatic nitrogens is 2. The van der Waals surface area contributed by atoms with E-state index >= 15 is 0 Å². The van der Waals surface area contributed by atoms with Crippen molar-refractivity contribution in [2.75, 3.05) is 0 Å². The summed E-state index contributed by atoms with van der Waals surface area (Å²) >= 11 is 1.19. The Labute approximate surface area is 78.5 Å². The van der Waals surface area contributed by atoms with Gasteiger partial charge in [-0.3, -0.25) is 4.40 Å². The molecule has 0 saturated carbocycles. The van der Waals surface area contributed by atoms with E-state index in [9.17, 15) is 4.79 Å². The van der Waals surface area contributed by atoms with Gasteiger partial charge in [0, 0.05) is 11.9 Å². The summed E-state index contributed by atoms with van der Waals surface area (Å²) in [6.45, 7) is 2.02. The molecule has 2 heterocycles. The van der Waals surface area contributed by atoms with Crippen molar-refractivity contribution >= 4 is 22.3 Å². The average Bonchev–Trinajstić information content (AvgIpc) is 2.60. The second kappa shape index (κ2) is 2.85. The zero-order valence-electron chi connectivity index (χ0n) is 7.02. The van der Waals surface area contributed by atoms with Crippen molar-refractivity contribution in [3.8, 4) is 0 Å². The fourth-order valence-corrected chi connectivity index (χ4v) is 2.01. The van der Waals surface area contributed by atoms with Crippen LogP contribution in [0.3, 0.4) is 0 Å². The van der Waals surface area contributed by atoms with Crippen LogP contribution in [-0.2, 0) is 6.42 Å². The molecule has 0 aliphatic carbocycles. The highest BCUT2D eigenvalue weighted by Crippen LogP contribution is 2.18. The van der Waals surface area contributed by atoms with Gasteiger partial charge in [-0.25, -0.2) is 9.78 Å². The molecule has 0 bridgehead atoms. The Balaban J connectivity index is 2.63. The largest absolute Gasteiger partial charge is 0.477 e. The molecule has 0 aliphatic heterocycles. The SMILES string of the molecule is CCc1cnc2sc(C(=O)O)cn12. The quantitative estimate of drug-likeness (QED) is 0.794. The van der Waals surface area contributed by atoms with Crippen LogP contribution in [0, 0.1) is 0 Å². The van der Waals surface area contributed by atoms with Crippen molar-refractivity contribution in [3.05, 3.63) is 23.0 Å². The maximum absolute atomic E-state index is 10.6. The molecule has 0 radical (unpaired) electrons. The number of aryl methyl sites for hydroxylation is 1. The van der Waals surface area contributed by atoms with Gasteiger partial charge in [0.15, 0.2) is 4.96 Å². The van der Waals surface area contributed by atoms with Crippen LogP contribution in [0.15, 0.2) is 12.4 Å². The smallest absolute Gasteiger partial charge is 0.347 e. The molecule has 0 aromatic carbocycles. The van der Waals surface area contributed by atoms with Crippen molar-refractivity contribution in [2.24, 2.45) is 0 Å². The van der Waals surface area contributed by atoms with E-state index in [0.29, 0.717) is 4.88 Å². The number of thiazole rings is 1. The Bertz CT molecular complexity index is 458. The minimum absolute atomic E-state index is 0.331. The molecular formula is C8H8N2O2S. The summed E-state index contributed by atoms with van der Waals surface area (Å²) in [5.74, 6) is -0.891. The van der Waals surface area contributed by atoms with Crippen LogP contribution < -0.4 is 0 Å². The maximum Gasteiger partial charge on any atom is 0.347 e. The number of carboxylic acid groups (broad SMARTS) is 1. The molecular weight excluding hydrogens is 188 g/mol. The monoisotopic (exact) mass is 196 g/mol. The standard InChI is InChI=1S/C8H8N2O2S/c1-2-5-3-9-8-10(5)4-6(13-8)7(11)12/h3-4H,2H2,1H3,(H,11,12). The van der Waals surface area contributed by atoms with Crippen molar-refractivity contribution in [1.82, 2.24) is 9.38 Å². The van der Waals surface area contributed by atoms with Crippen LogP contribution in [0.25, 0.3) is 4.96 Å². The van der Waals surface area contributed by atoms with Crippen molar-refractivity contribution in [2.45, 2.75) is 13.3 Å². The van der Waals surface area contributed by atoms with Gasteiger partial charge in [-0.2, -0.15) is 0 Å². The number of aromatic carboxylic acids is 1. The van der Waals surface area contributed by atoms with E-state index in [1.54, 1.807) is 12.4 Å². The second-order valence-electron chi connectivity index (χ2n) is 2.66.